The van der Waals surface area contributed by atoms with Gasteiger partial charge in [-0.15, -0.1) is 0 Å². The number of rotatable bonds is 7. The van der Waals surface area contributed by atoms with E-state index in [1.54, 1.807) is 12.1 Å². The lowest BCUT2D eigenvalue weighted by atomic mass is 10.0. The van der Waals surface area contributed by atoms with E-state index in [0.717, 1.165) is 29.4 Å². The lowest BCUT2D eigenvalue weighted by Crippen LogP contribution is -2.43. The van der Waals surface area contributed by atoms with Crippen LogP contribution >= 0.6 is 0 Å². The fraction of sp³-hybridized carbons (Fsp3) is 0.476. The monoisotopic (exact) mass is 387 g/mol. The van der Waals surface area contributed by atoms with E-state index in [2.05, 4.69) is 5.32 Å². The summed E-state index contributed by atoms with van der Waals surface area (Å²) in [5.74, 6) is -0.962. The van der Waals surface area contributed by atoms with E-state index >= 15 is 0 Å². The Morgan fingerprint density at radius 2 is 1.96 bits per heavy atom. The minimum Gasteiger partial charge on any atom is -0.483 e. The third-order valence-corrected chi connectivity index (χ3v) is 4.88. The number of ether oxygens (including phenoxy) is 1. The number of benzene rings is 1. The van der Waals surface area contributed by atoms with E-state index in [9.17, 15) is 19.5 Å². The largest absolute Gasteiger partial charge is 0.483 e. The molecule has 1 aromatic carbocycles. The summed E-state index contributed by atoms with van der Waals surface area (Å²) >= 11 is 0. The fourth-order valence-corrected chi connectivity index (χ4v) is 3.69. The Bertz CT molecular complexity index is 975. The van der Waals surface area contributed by atoms with Crippen molar-refractivity contribution in [2.75, 3.05) is 6.61 Å². The van der Waals surface area contributed by atoms with Gasteiger partial charge in [0.25, 0.3) is 5.91 Å². The molecule has 1 aliphatic rings. The van der Waals surface area contributed by atoms with E-state index in [-0.39, 0.29) is 18.2 Å². The van der Waals surface area contributed by atoms with Crippen LogP contribution < -0.4 is 15.7 Å². The van der Waals surface area contributed by atoms with Crippen LogP contribution in [-0.2, 0) is 22.4 Å². The number of carbonyl (C=O) groups excluding carboxylic acids is 1. The topological polar surface area (TPSA) is 106 Å². The molecule has 3 rings (SSSR count). The summed E-state index contributed by atoms with van der Waals surface area (Å²) in [6.45, 7) is 5.33. The van der Waals surface area contributed by atoms with Crippen LogP contribution in [0, 0.1) is 12.8 Å². The van der Waals surface area contributed by atoms with E-state index in [1.165, 1.54) is 0 Å². The first-order valence-electron chi connectivity index (χ1n) is 9.50. The van der Waals surface area contributed by atoms with Crippen molar-refractivity contribution in [2.45, 2.75) is 52.5 Å². The molecule has 28 heavy (non-hydrogen) atoms. The molecular formula is C21H25NO6. The Hall–Kier alpha value is -2.83. The minimum atomic E-state index is -1.07. The number of carbonyl (C=O) groups is 2. The van der Waals surface area contributed by atoms with Crippen LogP contribution in [-0.4, -0.2) is 29.6 Å². The van der Waals surface area contributed by atoms with Gasteiger partial charge in [-0.2, -0.15) is 0 Å². The second kappa shape index (κ2) is 8.04. The Balaban J connectivity index is 1.83. The van der Waals surface area contributed by atoms with Crippen LogP contribution in [0.15, 0.2) is 21.3 Å². The highest BCUT2D eigenvalue weighted by Crippen LogP contribution is 2.35. The van der Waals surface area contributed by atoms with E-state index in [0.29, 0.717) is 29.7 Å². The lowest BCUT2D eigenvalue weighted by molar-refractivity contribution is -0.142. The molecule has 0 fully saturated rings. The number of amides is 1. The van der Waals surface area contributed by atoms with Gasteiger partial charge in [0.1, 0.15) is 17.4 Å². The number of nitrogens with one attached hydrogen (secondary N) is 1. The third-order valence-electron chi connectivity index (χ3n) is 4.88. The first-order valence-corrected chi connectivity index (χ1v) is 9.50. The van der Waals surface area contributed by atoms with Gasteiger partial charge in [0.05, 0.1) is 5.39 Å². The van der Waals surface area contributed by atoms with Crippen LogP contribution in [0.4, 0.5) is 0 Å². The zero-order valence-corrected chi connectivity index (χ0v) is 16.3. The van der Waals surface area contributed by atoms with Crippen molar-refractivity contribution in [1.82, 2.24) is 5.32 Å². The van der Waals surface area contributed by atoms with Gasteiger partial charge in [0, 0.05) is 5.56 Å². The van der Waals surface area contributed by atoms with Gasteiger partial charge in [0.2, 0.25) is 0 Å². The lowest BCUT2D eigenvalue weighted by Gasteiger charge is -2.17. The SMILES string of the molecule is Cc1cc(OCC(=O)NC(CC(C)C)C(=O)O)c2c3c(c(=O)oc2c1)CCC3. The Morgan fingerprint density at radius 1 is 1.25 bits per heavy atom. The second-order valence-corrected chi connectivity index (χ2v) is 7.71. The molecule has 2 aromatic rings. The van der Waals surface area contributed by atoms with Crippen molar-refractivity contribution < 1.29 is 23.8 Å². The highest BCUT2D eigenvalue weighted by atomic mass is 16.5. The molecule has 1 aromatic heterocycles. The maximum absolute atomic E-state index is 12.2. The van der Waals surface area contributed by atoms with Crippen LogP contribution in [0.1, 0.15) is 43.4 Å². The highest BCUT2D eigenvalue weighted by molar-refractivity contribution is 5.90. The zero-order chi connectivity index (χ0) is 20.4. The highest BCUT2D eigenvalue weighted by Gasteiger charge is 2.24. The second-order valence-electron chi connectivity index (χ2n) is 7.71. The molecule has 150 valence electrons. The van der Waals surface area contributed by atoms with Crippen molar-refractivity contribution in [3.05, 3.63) is 39.2 Å². The van der Waals surface area contributed by atoms with Gasteiger partial charge in [-0.25, -0.2) is 9.59 Å². The van der Waals surface area contributed by atoms with Gasteiger partial charge in [-0.05, 0) is 61.8 Å². The smallest absolute Gasteiger partial charge is 0.339 e. The van der Waals surface area contributed by atoms with Crippen LogP contribution in [0.5, 0.6) is 5.75 Å². The van der Waals surface area contributed by atoms with Gasteiger partial charge >= 0.3 is 11.6 Å². The maximum Gasteiger partial charge on any atom is 0.339 e. The number of aryl methyl sites for hydroxylation is 2. The number of hydrogen-bond acceptors (Lipinski definition) is 5. The predicted octanol–water partition coefficient (Wildman–Crippen LogP) is 2.58. The number of carboxylic acids is 1. The van der Waals surface area contributed by atoms with Crippen LogP contribution in [0.2, 0.25) is 0 Å². The van der Waals surface area contributed by atoms with E-state index in [4.69, 9.17) is 9.15 Å². The van der Waals surface area contributed by atoms with Crippen LogP contribution in [0.25, 0.3) is 11.0 Å². The Morgan fingerprint density at radius 3 is 2.64 bits per heavy atom. The summed E-state index contributed by atoms with van der Waals surface area (Å²) in [5, 5.41) is 12.5. The fourth-order valence-electron chi connectivity index (χ4n) is 3.69. The Labute approximate surface area is 162 Å². The maximum atomic E-state index is 12.2. The molecule has 1 atom stereocenters. The van der Waals surface area contributed by atoms with Crippen molar-refractivity contribution in [1.29, 1.82) is 0 Å². The minimum absolute atomic E-state index is 0.133. The zero-order valence-electron chi connectivity index (χ0n) is 16.3. The molecule has 1 amide bonds. The molecule has 1 aliphatic carbocycles. The third kappa shape index (κ3) is 4.18. The first-order chi connectivity index (χ1) is 13.3. The molecule has 1 heterocycles. The van der Waals surface area contributed by atoms with Crippen molar-refractivity contribution in [2.24, 2.45) is 5.92 Å². The summed E-state index contributed by atoms with van der Waals surface area (Å²) in [7, 11) is 0. The number of fused-ring (bicyclic) bond motifs is 3. The van der Waals surface area contributed by atoms with Crippen molar-refractivity contribution in [3.8, 4) is 5.75 Å². The average Bonchev–Trinajstić information content (AvgIpc) is 3.08. The number of aliphatic carboxylic acids is 1. The average molecular weight is 387 g/mol. The molecule has 2 N–H and O–H groups in total. The summed E-state index contributed by atoms with van der Waals surface area (Å²) in [5.41, 5.74) is 2.57. The summed E-state index contributed by atoms with van der Waals surface area (Å²) in [6.07, 6.45) is 2.66. The standard InChI is InChI=1S/C21H25NO6/c1-11(2)7-15(20(24)25)22-18(23)10-27-16-8-12(3)9-17-19(16)13-5-4-6-14(13)21(26)28-17/h8-9,11,15H,4-7,10H2,1-3H3,(H,22,23)(H,24,25). The summed E-state index contributed by atoms with van der Waals surface area (Å²) < 4.78 is 11.2. The van der Waals surface area contributed by atoms with Gasteiger partial charge in [-0.3, -0.25) is 4.79 Å². The number of hydrogen-bond donors (Lipinski definition) is 2. The molecule has 7 heteroatoms. The van der Waals surface area contributed by atoms with Crippen molar-refractivity contribution >= 4 is 22.8 Å². The van der Waals surface area contributed by atoms with E-state index in [1.807, 2.05) is 20.8 Å². The molecule has 0 aliphatic heterocycles. The van der Waals surface area contributed by atoms with Gasteiger partial charge in [-0.1, -0.05) is 13.8 Å². The summed E-state index contributed by atoms with van der Waals surface area (Å²) in [6, 6.07) is 2.63. The first kappa shape index (κ1) is 19.9. The molecule has 0 spiro atoms. The predicted molar refractivity (Wildman–Crippen MR) is 104 cm³/mol. The van der Waals surface area contributed by atoms with Crippen molar-refractivity contribution in [3.63, 3.8) is 0 Å². The number of carboxylic acid groups (broad SMARTS) is 1. The normalized spacial score (nSPS) is 14.1. The molecular weight excluding hydrogens is 362 g/mol. The molecule has 1 unspecified atom stereocenters. The Kier molecular flexibility index (Phi) is 5.72. The van der Waals surface area contributed by atoms with E-state index < -0.39 is 17.9 Å². The van der Waals surface area contributed by atoms with Gasteiger partial charge in [0.15, 0.2) is 6.61 Å². The van der Waals surface area contributed by atoms with Crippen LogP contribution in [0.3, 0.4) is 0 Å². The quantitative estimate of drug-likeness (QED) is 0.708. The molecule has 7 nitrogen and oxygen atoms in total. The molecule has 0 radical (unpaired) electrons. The van der Waals surface area contributed by atoms with Gasteiger partial charge < -0.3 is 19.6 Å². The molecule has 0 saturated carbocycles. The molecule has 0 bridgehead atoms. The molecule has 0 saturated heterocycles. The summed E-state index contributed by atoms with van der Waals surface area (Å²) in [4.78, 5) is 35.7.